The molecule has 2 aromatic carbocycles. The number of ether oxygens (including phenoxy) is 2. The van der Waals surface area contributed by atoms with Crippen molar-refractivity contribution in [2.45, 2.75) is 38.7 Å². The number of carbonyl (C=O) groups is 1. The molecule has 1 amide bonds. The largest absolute Gasteiger partial charge is 0.497 e. The third-order valence-corrected chi connectivity index (χ3v) is 4.84. The Morgan fingerprint density at radius 3 is 2.41 bits per heavy atom. The first kappa shape index (κ1) is 19.1. The molecule has 0 unspecified atom stereocenters. The Balaban J connectivity index is 1.86. The van der Waals surface area contributed by atoms with Crippen molar-refractivity contribution in [3.63, 3.8) is 0 Å². The minimum Gasteiger partial charge on any atom is -0.497 e. The average molecular weight is 375 g/mol. The first-order chi connectivity index (χ1) is 13.1. The molecule has 1 saturated carbocycles. The van der Waals surface area contributed by atoms with Crippen LogP contribution < -0.4 is 14.8 Å². The van der Waals surface area contributed by atoms with Gasteiger partial charge in [0.15, 0.2) is 0 Å². The summed E-state index contributed by atoms with van der Waals surface area (Å²) in [5, 5.41) is 2.92. The van der Waals surface area contributed by atoms with Crippen LogP contribution in [-0.4, -0.2) is 19.6 Å². The van der Waals surface area contributed by atoms with Crippen LogP contribution in [0.15, 0.2) is 42.5 Å². The van der Waals surface area contributed by atoms with Crippen LogP contribution >= 0.6 is 0 Å². The molecule has 1 aliphatic rings. The highest BCUT2D eigenvalue weighted by Gasteiger charge is 2.21. The van der Waals surface area contributed by atoms with Gasteiger partial charge in [-0.05, 0) is 48.7 Å². The molecule has 0 aromatic heterocycles. The van der Waals surface area contributed by atoms with Crippen molar-refractivity contribution in [2.24, 2.45) is 5.92 Å². The molecule has 4 nitrogen and oxygen atoms in total. The van der Waals surface area contributed by atoms with E-state index in [-0.39, 0.29) is 17.6 Å². The summed E-state index contributed by atoms with van der Waals surface area (Å²) in [6, 6.07) is 11.7. The van der Waals surface area contributed by atoms with Crippen LogP contribution in [-0.2, 0) is 4.79 Å². The van der Waals surface area contributed by atoms with E-state index in [0.29, 0.717) is 22.6 Å². The zero-order valence-corrected chi connectivity index (χ0v) is 15.2. The average Bonchev–Trinajstić information content (AvgIpc) is 2.69. The van der Waals surface area contributed by atoms with Crippen molar-refractivity contribution in [2.75, 3.05) is 12.4 Å². The second-order valence-corrected chi connectivity index (χ2v) is 6.64. The van der Waals surface area contributed by atoms with Crippen LogP contribution in [0.5, 0.6) is 11.5 Å². The monoisotopic (exact) mass is 375 g/mol. The van der Waals surface area contributed by atoms with Crippen molar-refractivity contribution in [3.05, 3.63) is 42.5 Å². The minimum absolute atomic E-state index is 0.0141. The molecular formula is C21H23F2NO3. The number of anilines is 1. The maximum Gasteiger partial charge on any atom is 0.387 e. The van der Waals surface area contributed by atoms with E-state index in [9.17, 15) is 13.6 Å². The van der Waals surface area contributed by atoms with Crippen molar-refractivity contribution in [1.29, 1.82) is 0 Å². The molecule has 1 aliphatic carbocycles. The van der Waals surface area contributed by atoms with Gasteiger partial charge in [-0.25, -0.2) is 0 Å². The van der Waals surface area contributed by atoms with E-state index >= 15 is 0 Å². The molecule has 0 saturated heterocycles. The summed E-state index contributed by atoms with van der Waals surface area (Å²) < 4.78 is 35.3. The molecule has 144 valence electrons. The predicted octanol–water partition coefficient (Wildman–Crippen LogP) is 5.48. The fraction of sp³-hybridized carbons (Fsp3) is 0.381. The Hall–Kier alpha value is -2.63. The number of rotatable bonds is 6. The van der Waals surface area contributed by atoms with E-state index in [2.05, 4.69) is 10.1 Å². The van der Waals surface area contributed by atoms with Crippen LogP contribution in [0.2, 0.25) is 0 Å². The second-order valence-electron chi connectivity index (χ2n) is 6.64. The SMILES string of the molecule is COc1ccc(-c2cc(NC(=O)C3CCCCC3)ccc2OC(F)F)cc1. The lowest BCUT2D eigenvalue weighted by molar-refractivity contribution is -0.120. The fourth-order valence-electron chi connectivity index (χ4n) is 3.41. The number of hydrogen-bond acceptors (Lipinski definition) is 3. The van der Waals surface area contributed by atoms with Gasteiger partial charge >= 0.3 is 6.61 Å². The van der Waals surface area contributed by atoms with Gasteiger partial charge in [0, 0.05) is 17.2 Å². The zero-order chi connectivity index (χ0) is 19.2. The molecule has 2 aromatic rings. The van der Waals surface area contributed by atoms with Gasteiger partial charge in [0.1, 0.15) is 11.5 Å². The molecule has 0 atom stereocenters. The van der Waals surface area contributed by atoms with Crippen LogP contribution in [0, 0.1) is 5.92 Å². The van der Waals surface area contributed by atoms with Gasteiger partial charge in [-0.2, -0.15) is 8.78 Å². The standard InChI is InChI=1S/C21H23F2NO3/c1-26-17-10-7-14(8-11-17)18-13-16(9-12-19(18)27-21(22)23)24-20(25)15-5-3-2-4-6-15/h7-13,15,21H,2-6H2,1H3,(H,24,25). The number of benzene rings is 2. The lowest BCUT2D eigenvalue weighted by Gasteiger charge is -2.21. The molecule has 0 bridgehead atoms. The molecule has 27 heavy (non-hydrogen) atoms. The van der Waals surface area contributed by atoms with Crippen LogP contribution in [0.4, 0.5) is 14.5 Å². The van der Waals surface area contributed by atoms with Crippen LogP contribution in [0.3, 0.4) is 0 Å². The summed E-state index contributed by atoms with van der Waals surface area (Å²) in [5.74, 6) is 0.723. The van der Waals surface area contributed by atoms with E-state index in [4.69, 9.17) is 4.74 Å². The lowest BCUT2D eigenvalue weighted by Crippen LogP contribution is -2.24. The maximum atomic E-state index is 12.8. The number of alkyl halides is 2. The number of hydrogen-bond donors (Lipinski definition) is 1. The minimum atomic E-state index is -2.93. The van der Waals surface area contributed by atoms with Gasteiger partial charge in [-0.1, -0.05) is 31.4 Å². The first-order valence-electron chi connectivity index (χ1n) is 9.11. The molecule has 3 rings (SSSR count). The van der Waals surface area contributed by atoms with Gasteiger partial charge in [-0.3, -0.25) is 4.79 Å². The Bertz CT molecular complexity index is 771. The van der Waals surface area contributed by atoms with Gasteiger partial charge in [-0.15, -0.1) is 0 Å². The first-order valence-corrected chi connectivity index (χ1v) is 9.11. The lowest BCUT2D eigenvalue weighted by atomic mass is 9.88. The Morgan fingerprint density at radius 2 is 1.78 bits per heavy atom. The van der Waals surface area contributed by atoms with Gasteiger partial charge in [0.2, 0.25) is 5.91 Å². The normalized spacial score (nSPS) is 14.8. The number of amides is 1. The Labute approximate surface area is 157 Å². The Morgan fingerprint density at radius 1 is 1.07 bits per heavy atom. The topological polar surface area (TPSA) is 47.6 Å². The fourth-order valence-corrected chi connectivity index (χ4v) is 3.41. The molecular weight excluding hydrogens is 352 g/mol. The molecule has 1 fully saturated rings. The molecule has 1 N–H and O–H groups in total. The van der Waals surface area contributed by atoms with Crippen molar-refractivity contribution in [3.8, 4) is 22.6 Å². The zero-order valence-electron chi connectivity index (χ0n) is 15.2. The van der Waals surface area contributed by atoms with E-state index in [1.807, 2.05) is 0 Å². The van der Waals surface area contributed by atoms with Crippen molar-refractivity contribution in [1.82, 2.24) is 0 Å². The number of methoxy groups -OCH3 is 1. The van der Waals surface area contributed by atoms with E-state index in [0.717, 1.165) is 25.7 Å². The van der Waals surface area contributed by atoms with Crippen molar-refractivity contribution < 1.29 is 23.0 Å². The third kappa shape index (κ3) is 4.96. The molecule has 6 heteroatoms. The van der Waals surface area contributed by atoms with E-state index in [1.165, 1.54) is 12.5 Å². The summed E-state index contributed by atoms with van der Waals surface area (Å²) >= 11 is 0. The smallest absolute Gasteiger partial charge is 0.387 e. The van der Waals surface area contributed by atoms with Crippen LogP contribution in [0.25, 0.3) is 11.1 Å². The highest BCUT2D eigenvalue weighted by Crippen LogP contribution is 2.35. The highest BCUT2D eigenvalue weighted by molar-refractivity contribution is 5.93. The number of nitrogens with one attached hydrogen (secondary N) is 1. The molecule has 0 heterocycles. The summed E-state index contributed by atoms with van der Waals surface area (Å²) in [6.45, 7) is -2.93. The van der Waals surface area contributed by atoms with Crippen LogP contribution in [0.1, 0.15) is 32.1 Å². The maximum absolute atomic E-state index is 12.8. The van der Waals surface area contributed by atoms with Gasteiger partial charge in [0.25, 0.3) is 0 Å². The van der Waals surface area contributed by atoms with E-state index in [1.54, 1.807) is 43.5 Å². The third-order valence-electron chi connectivity index (χ3n) is 4.84. The molecule has 0 radical (unpaired) electrons. The summed E-state index contributed by atoms with van der Waals surface area (Å²) in [6.07, 6.45) is 5.09. The predicted molar refractivity (Wildman–Crippen MR) is 100 cm³/mol. The van der Waals surface area contributed by atoms with Gasteiger partial charge in [0.05, 0.1) is 7.11 Å². The summed E-state index contributed by atoms with van der Waals surface area (Å²) in [4.78, 5) is 12.5. The number of halogens is 2. The molecule has 0 spiro atoms. The molecule has 0 aliphatic heterocycles. The number of carbonyl (C=O) groups excluding carboxylic acids is 1. The quantitative estimate of drug-likeness (QED) is 0.727. The van der Waals surface area contributed by atoms with E-state index < -0.39 is 6.61 Å². The second kappa shape index (κ2) is 8.84. The summed E-state index contributed by atoms with van der Waals surface area (Å²) in [5.41, 5.74) is 1.75. The highest BCUT2D eigenvalue weighted by atomic mass is 19.3. The summed E-state index contributed by atoms with van der Waals surface area (Å²) in [7, 11) is 1.56. The van der Waals surface area contributed by atoms with Gasteiger partial charge < -0.3 is 14.8 Å². The Kier molecular flexibility index (Phi) is 6.27. The van der Waals surface area contributed by atoms with Crippen molar-refractivity contribution >= 4 is 11.6 Å².